The molecule has 11 heteroatoms. The van der Waals surface area contributed by atoms with Gasteiger partial charge in [-0.05, 0) is 60.4 Å². The predicted molar refractivity (Wildman–Crippen MR) is 137 cm³/mol. The lowest BCUT2D eigenvalue weighted by molar-refractivity contribution is -0.138. The van der Waals surface area contributed by atoms with Crippen LogP contribution in [0.3, 0.4) is 0 Å². The molecule has 2 atom stereocenters. The molecule has 0 spiro atoms. The van der Waals surface area contributed by atoms with Gasteiger partial charge in [0.1, 0.15) is 5.75 Å². The standard InChI is InChI=1S/C26H22ClN5O5/c27-18-6-4-16(5-7-18)14-31-24(30-25(35)32(26(31)36)15-17-13-21(17)23(33)34)29-19-8-10-20(11-9-19)37-22-3-1-2-12-28-22/h1-12,17,21H,13-15H2,(H,33,34)(H,29,30,35)/t17-,21-/m0/s1. The van der Waals surface area contributed by atoms with E-state index in [0.29, 0.717) is 28.8 Å². The van der Waals surface area contributed by atoms with Crippen LogP contribution in [0.2, 0.25) is 5.02 Å². The lowest BCUT2D eigenvalue weighted by Gasteiger charge is -2.16. The summed E-state index contributed by atoms with van der Waals surface area (Å²) in [6.07, 6.45) is 2.05. The first kappa shape index (κ1) is 24.3. The van der Waals surface area contributed by atoms with Crippen molar-refractivity contribution in [1.29, 1.82) is 0 Å². The second-order valence-electron chi connectivity index (χ2n) is 8.68. The van der Waals surface area contributed by atoms with E-state index in [1.54, 1.807) is 66.9 Å². The van der Waals surface area contributed by atoms with Gasteiger partial charge < -0.3 is 15.2 Å². The van der Waals surface area contributed by atoms with Crippen LogP contribution >= 0.6 is 11.6 Å². The van der Waals surface area contributed by atoms with Crippen molar-refractivity contribution in [2.75, 3.05) is 5.32 Å². The van der Waals surface area contributed by atoms with E-state index in [4.69, 9.17) is 16.3 Å². The third-order valence-electron chi connectivity index (χ3n) is 6.03. The van der Waals surface area contributed by atoms with Crippen LogP contribution in [0.25, 0.3) is 0 Å². The van der Waals surface area contributed by atoms with Crippen molar-refractivity contribution in [3.05, 3.63) is 104 Å². The highest BCUT2D eigenvalue weighted by Crippen LogP contribution is 2.39. The molecule has 2 N–H and O–H groups in total. The lowest BCUT2D eigenvalue weighted by Crippen LogP contribution is -2.43. The van der Waals surface area contributed by atoms with Gasteiger partial charge in [0.25, 0.3) is 0 Å². The minimum absolute atomic E-state index is 0.00207. The van der Waals surface area contributed by atoms with Crippen molar-refractivity contribution in [1.82, 2.24) is 19.1 Å². The average molecular weight is 520 g/mol. The minimum Gasteiger partial charge on any atom is -0.481 e. The fraction of sp³-hybridized carbons (Fsp3) is 0.192. The number of hydrogen-bond acceptors (Lipinski definition) is 7. The highest BCUT2D eigenvalue weighted by atomic mass is 35.5. The fourth-order valence-electron chi connectivity index (χ4n) is 3.95. The molecule has 2 aromatic carbocycles. The van der Waals surface area contributed by atoms with Gasteiger partial charge in [0.05, 0.1) is 12.5 Å². The molecule has 1 fully saturated rings. The first-order valence-electron chi connectivity index (χ1n) is 11.5. The molecule has 1 saturated carbocycles. The van der Waals surface area contributed by atoms with Crippen LogP contribution in [0.15, 0.2) is 82.5 Å². The normalized spacial score (nSPS) is 16.2. The number of carboxylic acid groups (broad SMARTS) is 1. The summed E-state index contributed by atoms with van der Waals surface area (Å²) in [4.78, 5) is 45.7. The van der Waals surface area contributed by atoms with Crippen LogP contribution in [0.5, 0.6) is 11.6 Å². The van der Waals surface area contributed by atoms with Crippen LogP contribution in [-0.4, -0.2) is 30.2 Å². The highest BCUT2D eigenvalue weighted by molar-refractivity contribution is 6.30. The number of hydrogen-bond donors (Lipinski definition) is 2. The average Bonchev–Trinajstić information content (AvgIpc) is 3.67. The SMILES string of the molecule is O=C(O)[C@H]1C[C@H]1Cn1c(=O)nc(Nc2ccc(Oc3ccccn3)cc2)n(Cc2ccc(Cl)cc2)c1=O. The van der Waals surface area contributed by atoms with Crippen LogP contribution in [-0.2, 0) is 17.9 Å². The Balaban J connectivity index is 1.44. The molecule has 5 rings (SSSR count). The largest absolute Gasteiger partial charge is 0.481 e. The minimum atomic E-state index is -0.929. The van der Waals surface area contributed by atoms with E-state index in [9.17, 15) is 19.5 Å². The number of pyridine rings is 1. The Bertz CT molecular complexity index is 1540. The summed E-state index contributed by atoms with van der Waals surface area (Å²) in [5.74, 6) is -0.694. The van der Waals surface area contributed by atoms with E-state index in [-0.39, 0.29) is 25.0 Å². The molecule has 10 nitrogen and oxygen atoms in total. The maximum atomic E-state index is 13.4. The van der Waals surface area contributed by atoms with E-state index < -0.39 is 23.3 Å². The molecule has 2 heterocycles. The van der Waals surface area contributed by atoms with Crippen molar-refractivity contribution in [3.8, 4) is 11.6 Å². The third-order valence-corrected chi connectivity index (χ3v) is 6.28. The summed E-state index contributed by atoms with van der Waals surface area (Å²) in [6, 6.07) is 19.2. The first-order chi connectivity index (χ1) is 17.9. The molecule has 37 heavy (non-hydrogen) atoms. The summed E-state index contributed by atoms with van der Waals surface area (Å²) < 4.78 is 8.05. The van der Waals surface area contributed by atoms with E-state index >= 15 is 0 Å². The van der Waals surface area contributed by atoms with Gasteiger partial charge in [-0.3, -0.25) is 9.36 Å². The van der Waals surface area contributed by atoms with Gasteiger partial charge in [-0.15, -0.1) is 0 Å². The Kier molecular flexibility index (Phi) is 6.74. The van der Waals surface area contributed by atoms with Gasteiger partial charge in [0.2, 0.25) is 11.8 Å². The summed E-state index contributed by atoms with van der Waals surface area (Å²) in [7, 11) is 0. The van der Waals surface area contributed by atoms with Gasteiger partial charge in [0.15, 0.2) is 0 Å². The Morgan fingerprint density at radius 1 is 1.05 bits per heavy atom. The van der Waals surface area contributed by atoms with Gasteiger partial charge in [-0.2, -0.15) is 4.98 Å². The molecule has 1 aliphatic carbocycles. The predicted octanol–water partition coefficient (Wildman–Crippen LogP) is 3.76. The molecule has 4 aromatic rings. The van der Waals surface area contributed by atoms with E-state index in [0.717, 1.165) is 10.1 Å². The summed E-state index contributed by atoms with van der Waals surface area (Å²) in [6.45, 7) is 0.127. The van der Waals surface area contributed by atoms with Gasteiger partial charge >= 0.3 is 17.3 Å². The number of aromatic nitrogens is 4. The number of halogens is 1. The second kappa shape index (κ2) is 10.3. The monoisotopic (exact) mass is 519 g/mol. The van der Waals surface area contributed by atoms with Crippen molar-refractivity contribution in [3.63, 3.8) is 0 Å². The zero-order valence-electron chi connectivity index (χ0n) is 19.5. The number of nitrogens with one attached hydrogen (secondary N) is 1. The summed E-state index contributed by atoms with van der Waals surface area (Å²) in [5.41, 5.74) is 0.0282. The van der Waals surface area contributed by atoms with Crippen molar-refractivity contribution < 1.29 is 14.6 Å². The van der Waals surface area contributed by atoms with Gasteiger partial charge in [-0.1, -0.05) is 29.8 Å². The Hall–Kier alpha value is -4.44. The topological polar surface area (TPSA) is 128 Å². The maximum absolute atomic E-state index is 13.4. The Labute approximate surface area is 215 Å². The smallest absolute Gasteiger partial charge is 0.354 e. The number of nitrogens with zero attached hydrogens (tertiary/aromatic N) is 4. The fourth-order valence-corrected chi connectivity index (χ4v) is 4.07. The van der Waals surface area contributed by atoms with Crippen LogP contribution in [0.1, 0.15) is 12.0 Å². The van der Waals surface area contributed by atoms with Crippen molar-refractivity contribution in [2.24, 2.45) is 11.8 Å². The quantitative estimate of drug-likeness (QED) is 0.342. The number of ether oxygens (including phenoxy) is 1. The number of carbonyl (C=O) groups is 1. The molecule has 2 aromatic heterocycles. The number of anilines is 2. The molecule has 0 amide bonds. The van der Waals surface area contributed by atoms with E-state index in [1.165, 1.54) is 4.57 Å². The van der Waals surface area contributed by atoms with Crippen molar-refractivity contribution in [2.45, 2.75) is 19.5 Å². The summed E-state index contributed by atoms with van der Waals surface area (Å²) >= 11 is 6.00. The number of carboxylic acids is 1. The van der Waals surface area contributed by atoms with E-state index in [1.807, 2.05) is 6.07 Å². The molecule has 0 aliphatic heterocycles. The molecule has 0 radical (unpaired) electrons. The van der Waals surface area contributed by atoms with Crippen LogP contribution in [0.4, 0.5) is 11.6 Å². The molecular formula is C26H22ClN5O5. The Morgan fingerprint density at radius 2 is 1.81 bits per heavy atom. The summed E-state index contributed by atoms with van der Waals surface area (Å²) in [5, 5.41) is 12.8. The third kappa shape index (κ3) is 5.70. The van der Waals surface area contributed by atoms with Crippen LogP contribution in [0, 0.1) is 11.8 Å². The molecular weight excluding hydrogens is 498 g/mol. The van der Waals surface area contributed by atoms with Crippen molar-refractivity contribution >= 4 is 29.2 Å². The number of benzene rings is 2. The molecule has 1 aliphatic rings. The molecule has 0 saturated heterocycles. The lowest BCUT2D eigenvalue weighted by atomic mass is 10.2. The molecule has 0 bridgehead atoms. The second-order valence-corrected chi connectivity index (χ2v) is 9.12. The van der Waals surface area contributed by atoms with Gasteiger partial charge in [-0.25, -0.2) is 19.1 Å². The highest BCUT2D eigenvalue weighted by Gasteiger charge is 2.43. The zero-order valence-corrected chi connectivity index (χ0v) is 20.2. The number of aliphatic carboxylic acids is 1. The molecule has 0 unspecified atom stereocenters. The van der Waals surface area contributed by atoms with Crippen LogP contribution < -0.4 is 21.4 Å². The van der Waals surface area contributed by atoms with Gasteiger partial charge in [0, 0.05) is 29.5 Å². The maximum Gasteiger partial charge on any atom is 0.354 e. The van der Waals surface area contributed by atoms with E-state index in [2.05, 4.69) is 15.3 Å². The Morgan fingerprint density at radius 3 is 2.46 bits per heavy atom. The molecule has 188 valence electrons. The number of rotatable bonds is 9. The zero-order chi connectivity index (χ0) is 25.9. The first-order valence-corrected chi connectivity index (χ1v) is 11.9.